The molecule has 0 bridgehead atoms. The first-order valence-corrected chi connectivity index (χ1v) is 3.47. The van der Waals surface area contributed by atoms with Crippen LogP contribution in [0.25, 0.3) is 10.9 Å². The number of hydrogen-bond donors (Lipinski definition) is 1. The normalized spacial score (nSPS) is 19.2. The van der Waals surface area contributed by atoms with Crippen molar-refractivity contribution in [3.05, 3.63) is 24.4 Å². The Bertz CT molecular complexity index is 557. The fourth-order valence-corrected chi connectivity index (χ4v) is 1.10. The van der Waals surface area contributed by atoms with E-state index >= 15 is 0 Å². The third-order valence-electron chi connectivity index (χ3n) is 1.64. The smallest absolute Gasteiger partial charge is 0.0924 e. The molecule has 0 amide bonds. The van der Waals surface area contributed by atoms with E-state index in [0.717, 1.165) is 4.68 Å². The molecular weight excluding hydrogens is 150 g/mol. The third-order valence-corrected chi connectivity index (χ3v) is 1.64. The average molecular weight is 166 g/mol. The van der Waals surface area contributed by atoms with Gasteiger partial charge in [0, 0.05) is 27.9 Å². The molecule has 1 aromatic heterocycles. The Hall–Kier alpha value is -1.51. The summed E-state index contributed by atoms with van der Waals surface area (Å²) in [5, 5.41) is 4.53. The van der Waals surface area contributed by atoms with Crippen LogP contribution in [0.15, 0.2) is 24.4 Å². The molecule has 0 aliphatic rings. The lowest BCUT2D eigenvalue weighted by atomic mass is 10.2. The van der Waals surface area contributed by atoms with Gasteiger partial charge in [0.05, 0.1) is 8.26 Å². The van der Waals surface area contributed by atoms with Gasteiger partial charge in [-0.1, -0.05) is 0 Å². The SMILES string of the molecule is [2H]C([2H])([2H])C([2H])([2H])n1cc2cc(N)ccc2n1. The van der Waals surface area contributed by atoms with Crippen molar-refractivity contribution in [1.82, 2.24) is 9.78 Å². The monoisotopic (exact) mass is 166 g/mol. The number of anilines is 1. The number of benzene rings is 1. The van der Waals surface area contributed by atoms with Gasteiger partial charge in [0.2, 0.25) is 0 Å². The molecule has 0 fully saturated rings. The fourth-order valence-electron chi connectivity index (χ4n) is 1.10. The summed E-state index contributed by atoms with van der Waals surface area (Å²) in [7, 11) is 0. The Morgan fingerprint density at radius 3 is 3.50 bits per heavy atom. The van der Waals surface area contributed by atoms with Crippen LogP contribution >= 0.6 is 0 Å². The summed E-state index contributed by atoms with van der Waals surface area (Å²) in [6, 6.07) is 4.87. The van der Waals surface area contributed by atoms with E-state index in [1.807, 2.05) is 0 Å². The zero-order valence-corrected chi connectivity index (χ0v) is 6.28. The highest BCUT2D eigenvalue weighted by Crippen LogP contribution is 2.15. The molecule has 3 heteroatoms. The first-order chi connectivity index (χ1) is 7.72. The Labute approximate surface area is 77.8 Å². The minimum absolute atomic E-state index is 0.507. The van der Waals surface area contributed by atoms with Gasteiger partial charge in [-0.2, -0.15) is 5.10 Å². The summed E-state index contributed by atoms with van der Waals surface area (Å²) in [4.78, 5) is 0. The summed E-state index contributed by atoms with van der Waals surface area (Å²) in [6.07, 6.45) is 1.35. The molecule has 62 valence electrons. The first kappa shape index (κ1) is 3.47. The zero-order valence-electron chi connectivity index (χ0n) is 11.3. The zero-order chi connectivity index (χ0) is 12.8. The second-order valence-corrected chi connectivity index (χ2v) is 2.50. The number of aryl methyl sites for hydroxylation is 1. The molecule has 0 aliphatic carbocycles. The molecule has 1 aromatic carbocycles. The Morgan fingerprint density at radius 2 is 2.67 bits per heavy atom. The average Bonchev–Trinajstić information content (AvgIpc) is 2.58. The number of nitrogen functional groups attached to an aromatic ring is 1. The lowest BCUT2D eigenvalue weighted by molar-refractivity contribution is 0.668. The van der Waals surface area contributed by atoms with Gasteiger partial charge in [-0.25, -0.2) is 0 Å². The number of aromatic nitrogens is 2. The van der Waals surface area contributed by atoms with E-state index in [1.165, 1.54) is 6.20 Å². The van der Waals surface area contributed by atoms with Crippen LogP contribution in [0.2, 0.25) is 0 Å². The Morgan fingerprint density at radius 1 is 1.75 bits per heavy atom. The lowest BCUT2D eigenvalue weighted by Crippen LogP contribution is -1.92. The van der Waals surface area contributed by atoms with Crippen LogP contribution in [0.1, 0.15) is 13.7 Å². The van der Waals surface area contributed by atoms with Crippen molar-refractivity contribution >= 4 is 16.6 Å². The molecule has 1 heterocycles. The van der Waals surface area contributed by atoms with E-state index in [9.17, 15) is 0 Å². The van der Waals surface area contributed by atoms with Gasteiger partial charge in [0.1, 0.15) is 0 Å². The minimum Gasteiger partial charge on any atom is -0.399 e. The molecule has 2 rings (SSSR count). The minimum atomic E-state index is -2.78. The molecule has 0 saturated heterocycles. The molecule has 0 atom stereocenters. The highest BCUT2D eigenvalue weighted by atomic mass is 15.3. The maximum Gasteiger partial charge on any atom is 0.0924 e. The van der Waals surface area contributed by atoms with Gasteiger partial charge >= 0.3 is 0 Å². The van der Waals surface area contributed by atoms with E-state index < -0.39 is 13.3 Å². The topological polar surface area (TPSA) is 43.8 Å². The Kier molecular flexibility index (Phi) is 0.728. The third kappa shape index (κ3) is 1.03. The lowest BCUT2D eigenvalue weighted by Gasteiger charge is -1.89. The predicted molar refractivity (Wildman–Crippen MR) is 49.8 cm³/mol. The van der Waals surface area contributed by atoms with Crippen molar-refractivity contribution in [2.75, 3.05) is 5.73 Å². The van der Waals surface area contributed by atoms with Gasteiger partial charge in [0.25, 0.3) is 0 Å². The van der Waals surface area contributed by atoms with Crippen molar-refractivity contribution < 1.29 is 6.85 Å². The van der Waals surface area contributed by atoms with Crippen LogP contribution in [0.5, 0.6) is 0 Å². The molecule has 0 saturated carbocycles. The van der Waals surface area contributed by atoms with E-state index in [2.05, 4.69) is 5.10 Å². The molecule has 2 N–H and O–H groups in total. The summed E-state index contributed by atoms with van der Waals surface area (Å²) < 4.78 is 37.5. The Balaban J connectivity index is 2.57. The maximum atomic E-state index is 7.58. The number of rotatable bonds is 1. The summed E-state index contributed by atoms with van der Waals surface area (Å²) in [6.45, 7) is -5.32. The number of hydrogen-bond acceptors (Lipinski definition) is 2. The molecule has 3 nitrogen and oxygen atoms in total. The van der Waals surface area contributed by atoms with E-state index in [4.69, 9.17) is 12.6 Å². The van der Waals surface area contributed by atoms with Crippen molar-refractivity contribution in [2.45, 2.75) is 13.3 Å². The maximum absolute atomic E-state index is 7.58. The molecule has 12 heavy (non-hydrogen) atoms. The van der Waals surface area contributed by atoms with Gasteiger partial charge in [-0.3, -0.25) is 4.68 Å². The van der Waals surface area contributed by atoms with Crippen molar-refractivity contribution in [1.29, 1.82) is 0 Å². The van der Waals surface area contributed by atoms with Gasteiger partial charge in [-0.15, -0.1) is 0 Å². The van der Waals surface area contributed by atoms with E-state index in [0.29, 0.717) is 16.6 Å². The molecule has 0 aliphatic heterocycles. The number of nitrogens with zero attached hydrogens (tertiary/aromatic N) is 2. The summed E-state index contributed by atoms with van der Waals surface area (Å²) in [5.41, 5.74) is 6.61. The van der Waals surface area contributed by atoms with Crippen LogP contribution in [0.4, 0.5) is 5.69 Å². The molecule has 0 radical (unpaired) electrons. The van der Waals surface area contributed by atoms with Crippen LogP contribution in [-0.2, 0) is 6.50 Å². The highest BCUT2D eigenvalue weighted by molar-refractivity contribution is 5.81. The number of nitrogens with two attached hydrogens (primary N) is 1. The second kappa shape index (κ2) is 2.52. The quantitative estimate of drug-likeness (QED) is 0.654. The molecule has 0 unspecified atom stereocenters. The van der Waals surface area contributed by atoms with Crippen LogP contribution < -0.4 is 5.73 Å². The van der Waals surface area contributed by atoms with E-state index in [1.54, 1.807) is 18.2 Å². The fraction of sp³-hybridized carbons (Fsp3) is 0.222. The summed E-state index contributed by atoms with van der Waals surface area (Å²) in [5.74, 6) is 0. The van der Waals surface area contributed by atoms with Gasteiger partial charge in [0.15, 0.2) is 0 Å². The van der Waals surface area contributed by atoms with Crippen LogP contribution in [-0.4, -0.2) is 9.78 Å². The van der Waals surface area contributed by atoms with Crippen molar-refractivity contribution in [3.8, 4) is 0 Å². The predicted octanol–water partition coefficient (Wildman–Crippen LogP) is 1.64. The number of fused-ring (bicyclic) bond motifs is 1. The van der Waals surface area contributed by atoms with Crippen molar-refractivity contribution in [3.63, 3.8) is 0 Å². The standard InChI is InChI=1S/C9H11N3/c1-2-12-6-7-5-8(10)3-4-9(7)11-12/h3-6H,2,10H2,1H3/i1D3,2D2. The first-order valence-electron chi connectivity index (χ1n) is 5.97. The highest BCUT2D eigenvalue weighted by Gasteiger charge is 1.98. The van der Waals surface area contributed by atoms with Gasteiger partial charge in [-0.05, 0) is 25.1 Å². The summed E-state index contributed by atoms with van der Waals surface area (Å²) >= 11 is 0. The van der Waals surface area contributed by atoms with Crippen molar-refractivity contribution in [2.24, 2.45) is 0 Å². The second-order valence-electron chi connectivity index (χ2n) is 2.50. The molecule has 0 spiro atoms. The molecular formula is C9H11N3. The largest absolute Gasteiger partial charge is 0.399 e. The van der Waals surface area contributed by atoms with Crippen LogP contribution in [0.3, 0.4) is 0 Å². The van der Waals surface area contributed by atoms with Gasteiger partial charge < -0.3 is 5.73 Å². The van der Waals surface area contributed by atoms with E-state index in [-0.39, 0.29) is 0 Å². The molecule has 2 aromatic rings. The van der Waals surface area contributed by atoms with Crippen LogP contribution in [0, 0.1) is 0 Å².